The van der Waals surface area contributed by atoms with E-state index in [1.54, 1.807) is 19.2 Å². The summed E-state index contributed by atoms with van der Waals surface area (Å²) in [5, 5.41) is 4.34. The molecule has 5 rings (SSSR count). The quantitative estimate of drug-likeness (QED) is 0.167. The van der Waals surface area contributed by atoms with E-state index in [1.165, 1.54) is 26.4 Å². The summed E-state index contributed by atoms with van der Waals surface area (Å²) in [6, 6.07) is 27.4. The molecule has 0 amide bonds. The number of benzene rings is 4. The van der Waals surface area contributed by atoms with E-state index in [0.29, 0.717) is 23.2 Å². The number of hydrogen-bond donors (Lipinski definition) is 1. The second-order valence-electron chi connectivity index (χ2n) is 10.3. The zero-order valence-electron chi connectivity index (χ0n) is 23.9. The van der Waals surface area contributed by atoms with Crippen molar-refractivity contribution in [1.82, 2.24) is 0 Å². The van der Waals surface area contributed by atoms with Gasteiger partial charge in [-0.2, -0.15) is 0 Å². The number of ether oxygens (including phenoxy) is 3. The van der Waals surface area contributed by atoms with Crippen LogP contribution in [0.25, 0.3) is 11.1 Å². The van der Waals surface area contributed by atoms with Crippen LogP contribution in [0.2, 0.25) is 5.02 Å². The van der Waals surface area contributed by atoms with Crippen molar-refractivity contribution in [2.45, 2.75) is 44.8 Å². The maximum Gasteiger partial charge on any atom is 0.337 e. The zero-order valence-corrected chi connectivity index (χ0v) is 24.7. The highest BCUT2D eigenvalue weighted by atomic mass is 35.5. The Morgan fingerprint density at radius 1 is 0.857 bits per heavy atom. The Morgan fingerprint density at radius 3 is 2.31 bits per heavy atom. The molecule has 0 aromatic heterocycles. The molecule has 4 aromatic rings. The predicted octanol–water partition coefficient (Wildman–Crippen LogP) is 8.53. The first kappa shape index (κ1) is 29.1. The summed E-state index contributed by atoms with van der Waals surface area (Å²) in [4.78, 5) is 12.2. The number of esters is 1. The Hall–Kier alpha value is -4.40. The second kappa shape index (κ2) is 14.0. The van der Waals surface area contributed by atoms with Crippen LogP contribution in [0.5, 0.6) is 11.5 Å². The number of carbonyl (C=O) groups excluding carboxylic acids is 1. The van der Waals surface area contributed by atoms with Crippen LogP contribution in [0.1, 0.15) is 59.2 Å². The molecule has 0 radical (unpaired) electrons. The van der Waals surface area contributed by atoms with E-state index in [-0.39, 0.29) is 5.97 Å². The molecule has 0 bridgehead atoms. The van der Waals surface area contributed by atoms with Crippen LogP contribution < -0.4 is 14.8 Å². The minimum Gasteiger partial charge on any atom is -0.497 e. The molecule has 42 heavy (non-hydrogen) atoms. The Kier molecular flexibility index (Phi) is 9.69. The first-order valence-electron chi connectivity index (χ1n) is 14.2. The lowest BCUT2D eigenvalue weighted by Gasteiger charge is -2.24. The molecule has 6 heteroatoms. The van der Waals surface area contributed by atoms with Gasteiger partial charge in [-0.25, -0.2) is 4.79 Å². The third-order valence-electron chi connectivity index (χ3n) is 7.46. The standard InChI is InChI=1S/C36H34ClNO4/c1-40-33-19-20-34(26-12-15-30(37)16-13-26)29(23-33)24-42-32-17-9-25(10-18-32)8-11-27-22-28(36(39)41-2)14-21-35(27)38-31-6-4-3-5-7-31/h9-10,12-23,31,38H,3-7,24H2,1-2H3. The monoisotopic (exact) mass is 579 g/mol. The fourth-order valence-electron chi connectivity index (χ4n) is 5.15. The molecular formula is C36H34ClNO4. The lowest BCUT2D eigenvalue weighted by molar-refractivity contribution is 0.0600. The molecule has 1 aliphatic carbocycles. The highest BCUT2D eigenvalue weighted by Gasteiger charge is 2.16. The number of methoxy groups -OCH3 is 2. The van der Waals surface area contributed by atoms with Gasteiger partial charge in [0.15, 0.2) is 0 Å². The topological polar surface area (TPSA) is 56.8 Å². The first-order valence-corrected chi connectivity index (χ1v) is 14.6. The highest BCUT2D eigenvalue weighted by Crippen LogP contribution is 2.30. The van der Waals surface area contributed by atoms with Crippen molar-refractivity contribution in [2.75, 3.05) is 19.5 Å². The molecule has 0 heterocycles. The molecule has 5 nitrogen and oxygen atoms in total. The van der Waals surface area contributed by atoms with Gasteiger partial charge in [0.1, 0.15) is 18.1 Å². The van der Waals surface area contributed by atoms with Gasteiger partial charge >= 0.3 is 5.97 Å². The Labute approximate surface area is 252 Å². The lowest BCUT2D eigenvalue weighted by atomic mass is 9.95. The molecule has 0 spiro atoms. The Balaban J connectivity index is 1.32. The number of halogens is 1. The van der Waals surface area contributed by atoms with Crippen molar-refractivity contribution in [3.63, 3.8) is 0 Å². The molecule has 0 unspecified atom stereocenters. The molecule has 0 atom stereocenters. The number of nitrogens with one attached hydrogen (secondary N) is 1. The summed E-state index contributed by atoms with van der Waals surface area (Å²) in [6.45, 7) is 0.372. The molecule has 1 saturated carbocycles. The third kappa shape index (κ3) is 7.46. The average molecular weight is 580 g/mol. The fraction of sp³-hybridized carbons (Fsp3) is 0.250. The van der Waals surface area contributed by atoms with Gasteiger partial charge in [-0.3, -0.25) is 0 Å². The van der Waals surface area contributed by atoms with Gasteiger partial charge in [0.25, 0.3) is 0 Å². The zero-order chi connectivity index (χ0) is 29.3. The van der Waals surface area contributed by atoms with E-state index in [9.17, 15) is 4.79 Å². The second-order valence-corrected chi connectivity index (χ2v) is 10.8. The van der Waals surface area contributed by atoms with Crippen molar-refractivity contribution in [2.24, 2.45) is 0 Å². The molecule has 1 fully saturated rings. The van der Waals surface area contributed by atoms with Crippen LogP contribution in [0.3, 0.4) is 0 Å². The highest BCUT2D eigenvalue weighted by molar-refractivity contribution is 6.30. The maximum atomic E-state index is 12.2. The molecule has 0 saturated heterocycles. The first-order chi connectivity index (χ1) is 20.5. The van der Waals surface area contributed by atoms with E-state index >= 15 is 0 Å². The van der Waals surface area contributed by atoms with Crippen molar-refractivity contribution in [1.29, 1.82) is 0 Å². The van der Waals surface area contributed by atoms with Crippen molar-refractivity contribution < 1.29 is 19.0 Å². The van der Waals surface area contributed by atoms with Crippen molar-refractivity contribution >= 4 is 23.3 Å². The molecular weight excluding hydrogens is 546 g/mol. The summed E-state index contributed by atoms with van der Waals surface area (Å²) in [7, 11) is 3.04. The minimum absolute atomic E-state index is 0.372. The Bertz CT molecular complexity index is 1580. The lowest BCUT2D eigenvalue weighted by Crippen LogP contribution is -2.22. The number of hydrogen-bond acceptors (Lipinski definition) is 5. The summed E-state index contributed by atoms with van der Waals surface area (Å²) in [6.07, 6.45) is 6.03. The van der Waals surface area contributed by atoms with Gasteiger partial charge in [0.05, 0.1) is 25.5 Å². The summed E-state index contributed by atoms with van der Waals surface area (Å²) < 4.78 is 16.5. The normalized spacial score (nSPS) is 13.0. The van der Waals surface area contributed by atoms with E-state index in [1.807, 2.05) is 72.8 Å². The van der Waals surface area contributed by atoms with E-state index in [4.69, 9.17) is 25.8 Å². The van der Waals surface area contributed by atoms with Gasteiger partial charge in [-0.1, -0.05) is 60.9 Å². The van der Waals surface area contributed by atoms with Crippen LogP contribution in [-0.4, -0.2) is 26.2 Å². The third-order valence-corrected chi connectivity index (χ3v) is 7.72. The number of carbonyl (C=O) groups is 1. The largest absolute Gasteiger partial charge is 0.497 e. The smallest absolute Gasteiger partial charge is 0.337 e. The molecule has 1 aliphatic rings. The summed E-state index contributed by atoms with van der Waals surface area (Å²) in [5.74, 6) is 7.65. The van der Waals surface area contributed by atoms with Gasteiger partial charge in [-0.05, 0) is 90.7 Å². The average Bonchev–Trinajstić information content (AvgIpc) is 3.04. The molecule has 1 N–H and O–H groups in total. The summed E-state index contributed by atoms with van der Waals surface area (Å²) >= 11 is 6.09. The minimum atomic E-state index is -0.376. The van der Waals surface area contributed by atoms with Crippen molar-refractivity contribution in [3.05, 3.63) is 112 Å². The van der Waals surface area contributed by atoms with Gasteiger partial charge < -0.3 is 19.5 Å². The van der Waals surface area contributed by atoms with Crippen molar-refractivity contribution in [3.8, 4) is 34.5 Å². The van der Waals surface area contributed by atoms with E-state index < -0.39 is 0 Å². The molecule has 4 aromatic carbocycles. The van der Waals surface area contributed by atoms with Crippen LogP contribution in [0.4, 0.5) is 5.69 Å². The molecule has 214 valence electrons. The van der Waals surface area contributed by atoms with E-state index in [0.717, 1.165) is 57.8 Å². The van der Waals surface area contributed by atoms with Gasteiger partial charge in [-0.15, -0.1) is 0 Å². The van der Waals surface area contributed by atoms with Gasteiger partial charge in [0, 0.05) is 27.8 Å². The predicted molar refractivity (Wildman–Crippen MR) is 168 cm³/mol. The van der Waals surface area contributed by atoms with Crippen LogP contribution in [-0.2, 0) is 11.3 Å². The fourth-order valence-corrected chi connectivity index (χ4v) is 5.27. The number of rotatable bonds is 8. The maximum absolute atomic E-state index is 12.2. The van der Waals surface area contributed by atoms with Gasteiger partial charge in [0.2, 0.25) is 0 Å². The van der Waals surface area contributed by atoms with Crippen LogP contribution in [0, 0.1) is 11.8 Å². The number of anilines is 1. The summed E-state index contributed by atoms with van der Waals surface area (Å²) in [5.41, 5.74) is 6.16. The Morgan fingerprint density at radius 2 is 1.60 bits per heavy atom. The molecule has 0 aliphatic heterocycles. The SMILES string of the molecule is COC(=O)c1ccc(NC2CCCCC2)c(C#Cc2ccc(OCc3cc(OC)ccc3-c3ccc(Cl)cc3)cc2)c1. The van der Waals surface area contributed by atoms with Crippen LogP contribution in [0.15, 0.2) is 84.9 Å². The van der Waals surface area contributed by atoms with Crippen LogP contribution >= 0.6 is 11.6 Å². The van der Waals surface area contributed by atoms with E-state index in [2.05, 4.69) is 17.2 Å².